The van der Waals surface area contributed by atoms with Crippen molar-refractivity contribution in [2.45, 2.75) is 23.8 Å². The number of amides is 1. The second kappa shape index (κ2) is 6.97. The van der Waals surface area contributed by atoms with Gasteiger partial charge in [0.1, 0.15) is 10.6 Å². The summed E-state index contributed by atoms with van der Waals surface area (Å²) in [5.41, 5.74) is 6.74. The fraction of sp³-hybridized carbons (Fsp3) is 0.188. The van der Waals surface area contributed by atoms with Gasteiger partial charge in [0.25, 0.3) is 0 Å². The van der Waals surface area contributed by atoms with Gasteiger partial charge in [-0.15, -0.1) is 11.3 Å². The Kier molecular flexibility index (Phi) is 4.78. The lowest BCUT2D eigenvalue weighted by molar-refractivity contribution is -0.115. The zero-order valence-corrected chi connectivity index (χ0v) is 14.2. The number of thioether (sulfide) groups is 1. The summed E-state index contributed by atoms with van der Waals surface area (Å²) in [6, 6.07) is 11.3. The standard InChI is InChI=1S/C16H16N4OS2/c1-2-12(14(21)18-10-6-4-3-5-7-10)23-16-19-13(17)11-8-9-22-15(11)20-16/h3-9,12H,2H2,1H3,(H,18,21)(H2,17,19,20)/t12-/m0/s1. The minimum absolute atomic E-state index is 0.0582. The topological polar surface area (TPSA) is 80.9 Å². The SMILES string of the molecule is CC[C@H](Sc1nc(N)c2ccsc2n1)C(=O)Nc1ccccc1. The first-order valence-electron chi connectivity index (χ1n) is 7.20. The fourth-order valence-electron chi connectivity index (χ4n) is 2.10. The summed E-state index contributed by atoms with van der Waals surface area (Å²) in [7, 11) is 0. The van der Waals surface area contributed by atoms with E-state index in [0.717, 1.165) is 15.9 Å². The Labute approximate surface area is 142 Å². The normalized spacial score (nSPS) is 12.2. The van der Waals surface area contributed by atoms with Crippen LogP contribution >= 0.6 is 23.1 Å². The molecule has 23 heavy (non-hydrogen) atoms. The molecule has 0 spiro atoms. The molecule has 0 aliphatic rings. The van der Waals surface area contributed by atoms with Gasteiger partial charge in [0.2, 0.25) is 5.91 Å². The molecule has 0 unspecified atom stereocenters. The number of thiophene rings is 1. The molecule has 0 aliphatic heterocycles. The smallest absolute Gasteiger partial charge is 0.237 e. The summed E-state index contributed by atoms with van der Waals surface area (Å²) in [5, 5.41) is 5.98. The van der Waals surface area contributed by atoms with Crippen molar-refractivity contribution in [2.75, 3.05) is 11.1 Å². The minimum Gasteiger partial charge on any atom is -0.383 e. The number of hydrogen-bond acceptors (Lipinski definition) is 6. The van der Waals surface area contributed by atoms with E-state index in [4.69, 9.17) is 5.73 Å². The monoisotopic (exact) mass is 344 g/mol. The summed E-state index contributed by atoms with van der Waals surface area (Å²) < 4.78 is 0. The second-order valence-corrected chi connectivity index (χ2v) is 6.97. The van der Waals surface area contributed by atoms with Gasteiger partial charge in [0, 0.05) is 5.69 Å². The number of nitrogens with zero attached hydrogens (tertiary/aromatic N) is 2. The second-order valence-electron chi connectivity index (χ2n) is 4.90. The lowest BCUT2D eigenvalue weighted by Crippen LogP contribution is -2.24. The Morgan fingerprint density at radius 1 is 1.30 bits per heavy atom. The van der Waals surface area contributed by atoms with Crippen LogP contribution in [0.25, 0.3) is 10.2 Å². The molecule has 0 bridgehead atoms. The van der Waals surface area contributed by atoms with Gasteiger partial charge in [0.05, 0.1) is 10.6 Å². The number of para-hydroxylation sites is 1. The molecule has 0 saturated carbocycles. The van der Waals surface area contributed by atoms with Crippen LogP contribution in [0.1, 0.15) is 13.3 Å². The van der Waals surface area contributed by atoms with Crippen LogP contribution in [0.5, 0.6) is 0 Å². The third-order valence-electron chi connectivity index (χ3n) is 3.29. The molecule has 1 amide bonds. The minimum atomic E-state index is -0.271. The van der Waals surface area contributed by atoms with E-state index in [1.54, 1.807) is 0 Å². The Morgan fingerprint density at radius 3 is 2.83 bits per heavy atom. The Hall–Kier alpha value is -2.12. The number of nitrogens with one attached hydrogen (secondary N) is 1. The van der Waals surface area contributed by atoms with Gasteiger partial charge in [0.15, 0.2) is 5.16 Å². The summed E-state index contributed by atoms with van der Waals surface area (Å²) in [6.07, 6.45) is 0.676. The molecule has 118 valence electrons. The van der Waals surface area contributed by atoms with Crippen molar-refractivity contribution in [3.05, 3.63) is 41.8 Å². The largest absolute Gasteiger partial charge is 0.383 e. The molecule has 0 radical (unpaired) electrons. The highest BCUT2D eigenvalue weighted by atomic mass is 32.2. The number of nitrogen functional groups attached to an aromatic ring is 1. The average molecular weight is 344 g/mol. The molecule has 3 rings (SSSR count). The molecule has 0 saturated heterocycles. The maximum Gasteiger partial charge on any atom is 0.237 e. The number of carbonyl (C=O) groups is 1. The quantitative estimate of drug-likeness (QED) is 0.544. The molecule has 1 aromatic carbocycles. The number of nitrogens with two attached hydrogens (primary N) is 1. The van der Waals surface area contributed by atoms with Crippen LogP contribution in [0, 0.1) is 0 Å². The van der Waals surface area contributed by atoms with E-state index in [1.165, 1.54) is 23.1 Å². The molecule has 3 N–H and O–H groups in total. The number of hydrogen-bond donors (Lipinski definition) is 2. The Balaban J connectivity index is 1.76. The highest BCUT2D eigenvalue weighted by molar-refractivity contribution is 8.00. The van der Waals surface area contributed by atoms with E-state index in [2.05, 4.69) is 15.3 Å². The van der Waals surface area contributed by atoms with Crippen molar-refractivity contribution in [3.8, 4) is 0 Å². The first-order valence-corrected chi connectivity index (χ1v) is 8.96. The van der Waals surface area contributed by atoms with E-state index >= 15 is 0 Å². The zero-order chi connectivity index (χ0) is 16.2. The maximum atomic E-state index is 12.4. The predicted molar refractivity (Wildman–Crippen MR) is 96.8 cm³/mol. The van der Waals surface area contributed by atoms with Gasteiger partial charge in [-0.3, -0.25) is 4.79 Å². The van der Waals surface area contributed by atoms with Crippen LogP contribution in [-0.4, -0.2) is 21.1 Å². The molecular formula is C16H16N4OS2. The van der Waals surface area contributed by atoms with Gasteiger partial charge in [-0.05, 0) is 30.0 Å². The lowest BCUT2D eigenvalue weighted by atomic mass is 10.3. The average Bonchev–Trinajstić information content (AvgIpc) is 3.02. The van der Waals surface area contributed by atoms with Gasteiger partial charge >= 0.3 is 0 Å². The number of fused-ring (bicyclic) bond motifs is 1. The number of rotatable bonds is 5. The molecule has 0 aliphatic carbocycles. The van der Waals surface area contributed by atoms with Gasteiger partial charge in [-0.1, -0.05) is 36.9 Å². The molecule has 2 heterocycles. The van der Waals surface area contributed by atoms with E-state index in [9.17, 15) is 4.79 Å². The first-order chi connectivity index (χ1) is 11.2. The summed E-state index contributed by atoms with van der Waals surface area (Å²) >= 11 is 2.86. The van der Waals surface area contributed by atoms with Gasteiger partial charge < -0.3 is 11.1 Å². The molecule has 1 atom stereocenters. The highest BCUT2D eigenvalue weighted by Crippen LogP contribution is 2.29. The van der Waals surface area contributed by atoms with Crippen LogP contribution in [0.3, 0.4) is 0 Å². The van der Waals surface area contributed by atoms with E-state index in [-0.39, 0.29) is 11.2 Å². The predicted octanol–water partition coefficient (Wildman–Crippen LogP) is 3.78. The zero-order valence-electron chi connectivity index (χ0n) is 12.5. The number of anilines is 2. The molecule has 2 aromatic heterocycles. The third kappa shape index (κ3) is 3.62. The number of aromatic nitrogens is 2. The van der Waals surface area contributed by atoms with Crippen LogP contribution < -0.4 is 11.1 Å². The van der Waals surface area contributed by atoms with Crippen molar-refractivity contribution >= 4 is 50.7 Å². The van der Waals surface area contributed by atoms with Crippen LogP contribution in [0.15, 0.2) is 46.9 Å². The van der Waals surface area contributed by atoms with Crippen molar-refractivity contribution < 1.29 is 4.79 Å². The van der Waals surface area contributed by atoms with Crippen molar-refractivity contribution in [1.82, 2.24) is 9.97 Å². The van der Waals surface area contributed by atoms with Crippen molar-refractivity contribution in [1.29, 1.82) is 0 Å². The summed E-state index contributed by atoms with van der Waals surface area (Å²) in [6.45, 7) is 1.97. The molecule has 5 nitrogen and oxygen atoms in total. The third-order valence-corrected chi connectivity index (χ3v) is 5.32. The Morgan fingerprint density at radius 2 is 2.09 bits per heavy atom. The van der Waals surface area contributed by atoms with E-state index in [1.807, 2.05) is 48.7 Å². The van der Waals surface area contributed by atoms with Crippen molar-refractivity contribution in [2.24, 2.45) is 0 Å². The van der Waals surface area contributed by atoms with Crippen LogP contribution in [-0.2, 0) is 4.79 Å². The van der Waals surface area contributed by atoms with E-state index in [0.29, 0.717) is 17.4 Å². The van der Waals surface area contributed by atoms with Crippen molar-refractivity contribution in [3.63, 3.8) is 0 Å². The summed E-state index contributed by atoms with van der Waals surface area (Å²) in [5.74, 6) is 0.397. The fourth-order valence-corrected chi connectivity index (χ4v) is 3.82. The first kappa shape index (κ1) is 15.8. The number of benzene rings is 1. The van der Waals surface area contributed by atoms with Gasteiger partial charge in [-0.25, -0.2) is 9.97 Å². The Bertz CT molecular complexity index is 819. The lowest BCUT2D eigenvalue weighted by Gasteiger charge is -2.14. The van der Waals surface area contributed by atoms with E-state index < -0.39 is 0 Å². The molecule has 7 heteroatoms. The summed E-state index contributed by atoms with van der Waals surface area (Å²) in [4.78, 5) is 22.1. The highest BCUT2D eigenvalue weighted by Gasteiger charge is 2.20. The van der Waals surface area contributed by atoms with Crippen LogP contribution in [0.2, 0.25) is 0 Å². The molecule has 0 fully saturated rings. The molecular weight excluding hydrogens is 328 g/mol. The maximum absolute atomic E-state index is 12.4. The van der Waals surface area contributed by atoms with Crippen LogP contribution in [0.4, 0.5) is 11.5 Å². The van der Waals surface area contributed by atoms with Gasteiger partial charge in [-0.2, -0.15) is 0 Å². The molecule has 3 aromatic rings. The number of carbonyl (C=O) groups excluding carboxylic acids is 1.